The van der Waals surface area contributed by atoms with Gasteiger partial charge in [0, 0.05) is 18.3 Å². The molecule has 1 saturated carbocycles. The molecule has 0 spiro atoms. The third-order valence-corrected chi connectivity index (χ3v) is 6.61. The van der Waals surface area contributed by atoms with Gasteiger partial charge < -0.3 is 20.8 Å². The molecule has 0 aromatic heterocycles. The molecule has 36 heavy (non-hydrogen) atoms. The quantitative estimate of drug-likeness (QED) is 0.225. The standard InChI is InChI=1S/C29H34N2O3.2ClH/c32-28(23-7-3-1-4-8-23)20-30-18-17-21-11-13-22(14-12-21)24-15-16-26(29(33)34)27(19-24)31-25-9-5-2-6-10-25;;/h1,3-4,7-8,11-16,19,25,28,30-32H,2,5-6,9-10,17-18,20H2,(H,33,34);2*1H/t28-;;/m0../s1. The van der Waals surface area contributed by atoms with Crippen molar-refractivity contribution in [2.24, 2.45) is 0 Å². The zero-order valence-electron chi connectivity index (χ0n) is 20.4. The lowest BCUT2D eigenvalue weighted by molar-refractivity contribution is 0.0698. The number of benzene rings is 3. The van der Waals surface area contributed by atoms with E-state index in [-0.39, 0.29) is 24.8 Å². The van der Waals surface area contributed by atoms with Crippen LogP contribution < -0.4 is 10.6 Å². The Balaban J connectivity index is 0.00000228. The van der Waals surface area contributed by atoms with Crippen molar-refractivity contribution >= 4 is 36.5 Å². The number of nitrogens with one attached hydrogen (secondary N) is 2. The van der Waals surface area contributed by atoms with Crippen molar-refractivity contribution in [3.8, 4) is 11.1 Å². The van der Waals surface area contributed by atoms with Crippen LogP contribution in [0.5, 0.6) is 0 Å². The van der Waals surface area contributed by atoms with Crippen LogP contribution in [0.15, 0.2) is 72.8 Å². The topological polar surface area (TPSA) is 81.6 Å². The van der Waals surface area contributed by atoms with Gasteiger partial charge in [0.25, 0.3) is 0 Å². The van der Waals surface area contributed by atoms with Gasteiger partial charge in [-0.15, -0.1) is 24.8 Å². The summed E-state index contributed by atoms with van der Waals surface area (Å²) in [5.74, 6) is -0.898. The molecule has 194 valence electrons. The van der Waals surface area contributed by atoms with E-state index in [1.165, 1.54) is 24.8 Å². The lowest BCUT2D eigenvalue weighted by Gasteiger charge is -2.25. The van der Waals surface area contributed by atoms with E-state index in [0.29, 0.717) is 23.8 Å². The molecule has 7 heteroatoms. The molecule has 5 nitrogen and oxygen atoms in total. The van der Waals surface area contributed by atoms with Gasteiger partial charge in [-0.3, -0.25) is 0 Å². The molecule has 1 atom stereocenters. The maximum absolute atomic E-state index is 11.7. The number of halogens is 2. The zero-order chi connectivity index (χ0) is 23.8. The molecule has 4 rings (SSSR count). The number of aliphatic hydroxyl groups is 1. The van der Waals surface area contributed by atoms with Gasteiger partial charge in [-0.2, -0.15) is 0 Å². The molecule has 1 aliphatic carbocycles. The van der Waals surface area contributed by atoms with E-state index in [0.717, 1.165) is 42.5 Å². The molecule has 0 bridgehead atoms. The number of carboxylic acids is 1. The van der Waals surface area contributed by atoms with Crippen molar-refractivity contribution in [1.29, 1.82) is 0 Å². The Bertz CT molecular complexity index is 1070. The molecule has 1 fully saturated rings. The van der Waals surface area contributed by atoms with E-state index >= 15 is 0 Å². The molecule has 0 unspecified atom stereocenters. The molecule has 0 amide bonds. The number of rotatable bonds is 10. The van der Waals surface area contributed by atoms with Crippen molar-refractivity contribution in [2.45, 2.75) is 50.7 Å². The highest BCUT2D eigenvalue weighted by molar-refractivity contribution is 5.95. The fourth-order valence-electron chi connectivity index (χ4n) is 4.62. The first-order valence-electron chi connectivity index (χ1n) is 12.3. The van der Waals surface area contributed by atoms with Crippen LogP contribution in [0.25, 0.3) is 11.1 Å². The number of carboxylic acid groups (broad SMARTS) is 1. The van der Waals surface area contributed by atoms with Gasteiger partial charge >= 0.3 is 5.97 Å². The summed E-state index contributed by atoms with van der Waals surface area (Å²) >= 11 is 0. The molecule has 1 aliphatic rings. The largest absolute Gasteiger partial charge is 0.478 e. The molecule has 0 heterocycles. The Hall–Kier alpha value is -2.57. The highest BCUT2D eigenvalue weighted by Crippen LogP contribution is 2.29. The normalized spacial score (nSPS) is 14.2. The van der Waals surface area contributed by atoms with Crippen LogP contribution in [-0.4, -0.2) is 35.3 Å². The van der Waals surface area contributed by atoms with Gasteiger partial charge in [0.1, 0.15) is 0 Å². The van der Waals surface area contributed by atoms with Crippen LogP contribution in [0.3, 0.4) is 0 Å². The SMILES string of the molecule is Cl.Cl.O=C(O)c1ccc(-c2ccc(CCNC[C@H](O)c3ccccc3)cc2)cc1NC1CCCCC1. The number of hydrogen-bond acceptors (Lipinski definition) is 4. The van der Waals surface area contributed by atoms with Crippen LogP contribution in [0.4, 0.5) is 5.69 Å². The second kappa shape index (κ2) is 14.9. The first-order valence-corrected chi connectivity index (χ1v) is 12.3. The van der Waals surface area contributed by atoms with E-state index in [2.05, 4.69) is 34.9 Å². The van der Waals surface area contributed by atoms with Crippen molar-refractivity contribution < 1.29 is 15.0 Å². The summed E-state index contributed by atoms with van der Waals surface area (Å²) in [5.41, 5.74) is 5.26. The number of anilines is 1. The summed E-state index contributed by atoms with van der Waals surface area (Å²) in [6, 6.07) is 24.0. The van der Waals surface area contributed by atoms with E-state index in [4.69, 9.17) is 0 Å². The summed E-state index contributed by atoms with van der Waals surface area (Å²) < 4.78 is 0. The smallest absolute Gasteiger partial charge is 0.337 e. The molecule has 0 aliphatic heterocycles. The van der Waals surface area contributed by atoms with Crippen LogP contribution in [0.1, 0.15) is 59.7 Å². The Kier molecular flexibility index (Phi) is 12.2. The summed E-state index contributed by atoms with van der Waals surface area (Å²) in [4.78, 5) is 11.7. The molecular weight excluding hydrogens is 495 g/mol. The molecule has 3 aromatic carbocycles. The van der Waals surface area contributed by atoms with Crippen LogP contribution in [0, 0.1) is 0 Å². The fourth-order valence-corrected chi connectivity index (χ4v) is 4.62. The van der Waals surface area contributed by atoms with Crippen LogP contribution >= 0.6 is 24.8 Å². The minimum Gasteiger partial charge on any atom is -0.478 e. The summed E-state index contributed by atoms with van der Waals surface area (Å²) in [5, 5.41) is 26.7. The Morgan fingerprint density at radius 1 is 0.889 bits per heavy atom. The monoisotopic (exact) mass is 530 g/mol. The Morgan fingerprint density at radius 2 is 1.56 bits per heavy atom. The minimum atomic E-state index is -0.898. The van der Waals surface area contributed by atoms with Gasteiger partial charge in [-0.05, 0) is 60.2 Å². The maximum atomic E-state index is 11.7. The second-order valence-electron chi connectivity index (χ2n) is 9.12. The number of hydrogen-bond donors (Lipinski definition) is 4. The average molecular weight is 532 g/mol. The predicted octanol–water partition coefficient (Wildman–Crippen LogP) is 6.51. The molecule has 0 radical (unpaired) electrons. The van der Waals surface area contributed by atoms with E-state index in [1.54, 1.807) is 6.07 Å². The average Bonchev–Trinajstić information content (AvgIpc) is 2.88. The van der Waals surface area contributed by atoms with Crippen molar-refractivity contribution in [3.05, 3.63) is 89.5 Å². The van der Waals surface area contributed by atoms with Crippen LogP contribution in [0.2, 0.25) is 0 Å². The van der Waals surface area contributed by atoms with Crippen molar-refractivity contribution in [1.82, 2.24) is 5.32 Å². The summed E-state index contributed by atoms with van der Waals surface area (Å²) in [6.45, 7) is 1.31. The molecule has 3 aromatic rings. The Morgan fingerprint density at radius 3 is 2.22 bits per heavy atom. The number of carbonyl (C=O) groups is 1. The fraction of sp³-hybridized carbons (Fsp3) is 0.345. The first-order chi connectivity index (χ1) is 16.6. The highest BCUT2D eigenvalue weighted by Gasteiger charge is 2.17. The number of aliphatic hydroxyl groups excluding tert-OH is 1. The van der Waals surface area contributed by atoms with Crippen molar-refractivity contribution in [3.63, 3.8) is 0 Å². The van der Waals surface area contributed by atoms with Gasteiger partial charge in [0.2, 0.25) is 0 Å². The zero-order valence-corrected chi connectivity index (χ0v) is 22.0. The predicted molar refractivity (Wildman–Crippen MR) is 152 cm³/mol. The number of aromatic carboxylic acids is 1. The third kappa shape index (κ3) is 8.24. The third-order valence-electron chi connectivity index (χ3n) is 6.61. The summed E-state index contributed by atoms with van der Waals surface area (Å²) in [7, 11) is 0. The first kappa shape index (κ1) is 29.7. The molecule has 4 N–H and O–H groups in total. The lowest BCUT2D eigenvalue weighted by atomic mass is 9.94. The lowest BCUT2D eigenvalue weighted by Crippen LogP contribution is -2.23. The minimum absolute atomic E-state index is 0. The van der Waals surface area contributed by atoms with Gasteiger partial charge in [0.15, 0.2) is 0 Å². The van der Waals surface area contributed by atoms with Gasteiger partial charge in [-0.25, -0.2) is 4.79 Å². The Labute approximate surface area is 226 Å². The highest BCUT2D eigenvalue weighted by atomic mass is 35.5. The van der Waals surface area contributed by atoms with E-state index in [9.17, 15) is 15.0 Å². The summed E-state index contributed by atoms with van der Waals surface area (Å²) in [6.07, 6.45) is 6.20. The van der Waals surface area contributed by atoms with Gasteiger partial charge in [0.05, 0.1) is 11.7 Å². The van der Waals surface area contributed by atoms with Gasteiger partial charge in [-0.1, -0.05) is 79.9 Å². The molecular formula is C29H36Cl2N2O3. The van der Waals surface area contributed by atoms with E-state index < -0.39 is 12.1 Å². The second-order valence-corrected chi connectivity index (χ2v) is 9.12. The molecule has 0 saturated heterocycles. The van der Waals surface area contributed by atoms with Crippen LogP contribution in [-0.2, 0) is 6.42 Å². The maximum Gasteiger partial charge on any atom is 0.337 e. The van der Waals surface area contributed by atoms with E-state index in [1.807, 2.05) is 42.5 Å². The van der Waals surface area contributed by atoms with Crippen molar-refractivity contribution in [2.75, 3.05) is 18.4 Å².